The molecule has 1 fully saturated rings. The molecule has 0 bridgehead atoms. The van der Waals surface area contributed by atoms with Gasteiger partial charge in [-0.1, -0.05) is 28.1 Å². The standard InChI is InChI=1S/C12H16BrNO/c1-15-12(5-7-14-8-6-12)10-3-2-4-11(13)9-10/h2-4,9,14H,5-8H2,1H3. The molecule has 2 rings (SSSR count). The van der Waals surface area contributed by atoms with Crippen LogP contribution in [0, 0.1) is 0 Å². The Morgan fingerprint density at radius 3 is 2.67 bits per heavy atom. The molecule has 15 heavy (non-hydrogen) atoms. The van der Waals surface area contributed by atoms with E-state index in [-0.39, 0.29) is 5.60 Å². The Morgan fingerprint density at radius 1 is 1.33 bits per heavy atom. The highest BCUT2D eigenvalue weighted by atomic mass is 79.9. The molecule has 0 aromatic heterocycles. The Bertz CT molecular complexity index is 334. The van der Waals surface area contributed by atoms with Crippen molar-refractivity contribution < 1.29 is 4.74 Å². The van der Waals surface area contributed by atoms with Crippen molar-refractivity contribution in [1.82, 2.24) is 5.32 Å². The average molecular weight is 270 g/mol. The molecule has 0 saturated carbocycles. The average Bonchev–Trinajstić information content (AvgIpc) is 2.30. The lowest BCUT2D eigenvalue weighted by Gasteiger charge is -2.37. The van der Waals surface area contributed by atoms with Crippen molar-refractivity contribution in [3.8, 4) is 0 Å². The summed E-state index contributed by atoms with van der Waals surface area (Å²) in [4.78, 5) is 0. The normalized spacial score (nSPS) is 20.1. The van der Waals surface area contributed by atoms with E-state index in [9.17, 15) is 0 Å². The van der Waals surface area contributed by atoms with Crippen LogP contribution in [0.25, 0.3) is 0 Å². The summed E-state index contributed by atoms with van der Waals surface area (Å²) < 4.78 is 6.88. The molecule has 0 atom stereocenters. The van der Waals surface area contributed by atoms with E-state index < -0.39 is 0 Å². The van der Waals surface area contributed by atoms with E-state index >= 15 is 0 Å². The quantitative estimate of drug-likeness (QED) is 0.892. The molecule has 1 heterocycles. The highest BCUT2D eigenvalue weighted by molar-refractivity contribution is 9.10. The van der Waals surface area contributed by atoms with Crippen LogP contribution in [0.15, 0.2) is 28.7 Å². The Kier molecular flexibility index (Phi) is 3.44. The highest BCUT2D eigenvalue weighted by Crippen LogP contribution is 2.35. The number of nitrogens with one attached hydrogen (secondary N) is 1. The maximum absolute atomic E-state index is 5.76. The first kappa shape index (κ1) is 11.1. The van der Waals surface area contributed by atoms with E-state index in [0.717, 1.165) is 30.4 Å². The van der Waals surface area contributed by atoms with Crippen molar-refractivity contribution in [2.75, 3.05) is 20.2 Å². The van der Waals surface area contributed by atoms with Gasteiger partial charge in [-0.25, -0.2) is 0 Å². The Labute approximate surface area is 99.1 Å². The number of halogens is 1. The second kappa shape index (κ2) is 4.64. The number of hydrogen-bond acceptors (Lipinski definition) is 2. The van der Waals surface area contributed by atoms with Gasteiger partial charge in [-0.05, 0) is 43.6 Å². The number of rotatable bonds is 2. The lowest BCUT2D eigenvalue weighted by Crippen LogP contribution is -2.41. The molecule has 1 N–H and O–H groups in total. The second-order valence-electron chi connectivity index (χ2n) is 3.96. The first-order valence-corrected chi connectivity index (χ1v) is 6.08. The molecule has 1 aromatic carbocycles. The van der Waals surface area contributed by atoms with E-state index in [1.165, 1.54) is 5.56 Å². The molecule has 0 spiro atoms. The maximum atomic E-state index is 5.76. The number of methoxy groups -OCH3 is 1. The third-order valence-electron chi connectivity index (χ3n) is 3.15. The van der Waals surface area contributed by atoms with E-state index in [1.54, 1.807) is 0 Å². The monoisotopic (exact) mass is 269 g/mol. The van der Waals surface area contributed by atoms with Gasteiger partial charge in [0.15, 0.2) is 0 Å². The zero-order valence-corrected chi connectivity index (χ0v) is 10.5. The first-order valence-electron chi connectivity index (χ1n) is 5.29. The fraction of sp³-hybridized carbons (Fsp3) is 0.500. The molecule has 2 nitrogen and oxygen atoms in total. The lowest BCUT2D eigenvalue weighted by molar-refractivity contribution is -0.0391. The summed E-state index contributed by atoms with van der Waals surface area (Å²) in [5.74, 6) is 0. The summed E-state index contributed by atoms with van der Waals surface area (Å²) in [7, 11) is 1.81. The van der Waals surface area contributed by atoms with E-state index in [1.807, 2.05) is 13.2 Å². The van der Waals surface area contributed by atoms with Gasteiger partial charge >= 0.3 is 0 Å². The van der Waals surface area contributed by atoms with Crippen LogP contribution in [0.1, 0.15) is 18.4 Å². The van der Waals surface area contributed by atoms with Crippen molar-refractivity contribution in [3.63, 3.8) is 0 Å². The fourth-order valence-electron chi connectivity index (χ4n) is 2.21. The number of hydrogen-bond donors (Lipinski definition) is 1. The summed E-state index contributed by atoms with van der Waals surface area (Å²) in [6.07, 6.45) is 2.08. The van der Waals surface area contributed by atoms with Crippen LogP contribution in [0.5, 0.6) is 0 Å². The van der Waals surface area contributed by atoms with Gasteiger partial charge < -0.3 is 10.1 Å². The molecule has 1 aromatic rings. The van der Waals surface area contributed by atoms with Crippen molar-refractivity contribution in [3.05, 3.63) is 34.3 Å². The Hall–Kier alpha value is -0.380. The van der Waals surface area contributed by atoms with Crippen LogP contribution >= 0.6 is 15.9 Å². The molecule has 3 heteroatoms. The van der Waals surface area contributed by atoms with E-state index in [0.29, 0.717) is 0 Å². The number of ether oxygens (including phenoxy) is 1. The van der Waals surface area contributed by atoms with Crippen LogP contribution in [0.3, 0.4) is 0 Å². The largest absolute Gasteiger partial charge is 0.373 e. The molecule has 1 saturated heterocycles. The van der Waals surface area contributed by atoms with Crippen LogP contribution in [-0.2, 0) is 10.3 Å². The van der Waals surface area contributed by atoms with Gasteiger partial charge in [0.25, 0.3) is 0 Å². The fourth-order valence-corrected chi connectivity index (χ4v) is 2.61. The minimum atomic E-state index is -0.0883. The number of benzene rings is 1. The SMILES string of the molecule is COC1(c2cccc(Br)c2)CCNCC1. The Balaban J connectivity index is 2.32. The molecular weight excluding hydrogens is 254 g/mol. The molecule has 0 radical (unpaired) electrons. The first-order chi connectivity index (χ1) is 7.27. The lowest BCUT2D eigenvalue weighted by atomic mass is 9.85. The van der Waals surface area contributed by atoms with Gasteiger partial charge in [-0.3, -0.25) is 0 Å². The zero-order chi connectivity index (χ0) is 10.7. The van der Waals surface area contributed by atoms with E-state index in [2.05, 4.69) is 39.4 Å². The summed E-state index contributed by atoms with van der Waals surface area (Å²) in [6.45, 7) is 2.06. The highest BCUT2D eigenvalue weighted by Gasteiger charge is 2.33. The maximum Gasteiger partial charge on any atom is 0.0952 e. The second-order valence-corrected chi connectivity index (χ2v) is 4.87. The summed E-state index contributed by atoms with van der Waals surface area (Å²) in [6, 6.07) is 8.44. The van der Waals surface area contributed by atoms with Crippen LogP contribution in [-0.4, -0.2) is 20.2 Å². The minimum absolute atomic E-state index is 0.0883. The molecule has 0 aliphatic carbocycles. The van der Waals surface area contributed by atoms with Gasteiger partial charge in [0.05, 0.1) is 5.60 Å². The summed E-state index contributed by atoms with van der Waals surface area (Å²) in [5.41, 5.74) is 1.19. The van der Waals surface area contributed by atoms with Gasteiger partial charge in [0, 0.05) is 11.6 Å². The number of piperidine rings is 1. The molecule has 1 aliphatic heterocycles. The third kappa shape index (κ3) is 2.25. The van der Waals surface area contributed by atoms with Crippen molar-refractivity contribution in [2.45, 2.75) is 18.4 Å². The predicted molar refractivity (Wildman–Crippen MR) is 64.9 cm³/mol. The van der Waals surface area contributed by atoms with E-state index in [4.69, 9.17) is 4.74 Å². The van der Waals surface area contributed by atoms with Gasteiger partial charge in [0.1, 0.15) is 0 Å². The topological polar surface area (TPSA) is 21.3 Å². The summed E-state index contributed by atoms with van der Waals surface area (Å²) >= 11 is 3.51. The summed E-state index contributed by atoms with van der Waals surface area (Å²) in [5, 5.41) is 3.37. The van der Waals surface area contributed by atoms with Gasteiger partial charge in [0.2, 0.25) is 0 Å². The minimum Gasteiger partial charge on any atom is -0.373 e. The molecule has 1 aliphatic rings. The zero-order valence-electron chi connectivity index (χ0n) is 8.92. The van der Waals surface area contributed by atoms with Crippen LogP contribution < -0.4 is 5.32 Å². The molecule has 82 valence electrons. The van der Waals surface area contributed by atoms with Crippen molar-refractivity contribution >= 4 is 15.9 Å². The third-order valence-corrected chi connectivity index (χ3v) is 3.65. The van der Waals surface area contributed by atoms with Gasteiger partial charge in [-0.2, -0.15) is 0 Å². The molecule has 0 amide bonds. The van der Waals surface area contributed by atoms with Crippen LogP contribution in [0.4, 0.5) is 0 Å². The molecule has 0 unspecified atom stereocenters. The van der Waals surface area contributed by atoms with Crippen LogP contribution in [0.2, 0.25) is 0 Å². The van der Waals surface area contributed by atoms with Crippen molar-refractivity contribution in [2.24, 2.45) is 0 Å². The molecular formula is C12H16BrNO. The van der Waals surface area contributed by atoms with Crippen molar-refractivity contribution in [1.29, 1.82) is 0 Å². The smallest absolute Gasteiger partial charge is 0.0952 e. The Morgan fingerprint density at radius 2 is 2.07 bits per heavy atom. The van der Waals surface area contributed by atoms with Gasteiger partial charge in [-0.15, -0.1) is 0 Å². The predicted octanol–water partition coefficient (Wildman–Crippen LogP) is 2.67.